The van der Waals surface area contributed by atoms with Gasteiger partial charge in [-0.1, -0.05) is 12.1 Å². The number of amidine groups is 1. The second-order valence-corrected chi connectivity index (χ2v) is 23.9. The number of methoxy groups -OCH3 is 2. The first-order valence-corrected chi connectivity index (χ1v) is 32.1. The molecule has 0 saturated carbocycles. The van der Waals surface area contributed by atoms with Crippen LogP contribution >= 0.6 is 11.3 Å². The van der Waals surface area contributed by atoms with Crippen LogP contribution in [0.4, 0.5) is 64.3 Å². The van der Waals surface area contributed by atoms with Gasteiger partial charge in [0.1, 0.15) is 23.0 Å². The zero-order chi connectivity index (χ0) is 74.5. The molecule has 107 heavy (non-hydrogen) atoms. The van der Waals surface area contributed by atoms with Gasteiger partial charge in [-0.2, -0.15) is 0 Å². The normalized spacial score (nSPS) is 15.7. The van der Waals surface area contributed by atoms with E-state index in [-0.39, 0.29) is 81.1 Å². The lowest BCUT2D eigenvalue weighted by molar-refractivity contribution is -0.287. The number of ether oxygens (including phenoxy) is 11. The third kappa shape index (κ3) is 15.4. The molecule has 0 atom stereocenters. The Balaban J connectivity index is 0.000000114. The van der Waals surface area contributed by atoms with Crippen LogP contribution in [0.1, 0.15) is 47.3 Å². The van der Waals surface area contributed by atoms with E-state index in [1.54, 1.807) is 54.1 Å². The van der Waals surface area contributed by atoms with Crippen molar-refractivity contribution in [2.45, 2.75) is 31.6 Å². The van der Waals surface area contributed by atoms with Crippen LogP contribution < -0.4 is 73.5 Å². The van der Waals surface area contributed by atoms with Crippen molar-refractivity contribution < 1.29 is 106 Å². The Morgan fingerprint density at radius 2 is 1.00 bits per heavy atom. The minimum absolute atomic E-state index is 0.0422. The number of alkyl halides is 8. The van der Waals surface area contributed by atoms with Gasteiger partial charge in [0.2, 0.25) is 23.7 Å². The fourth-order valence-electron chi connectivity index (χ4n) is 11.0. The molecule has 18 rings (SSSR count). The molecule has 31 nitrogen and oxygen atoms in total. The van der Waals surface area contributed by atoms with Crippen molar-refractivity contribution in [2.24, 2.45) is 4.99 Å². The van der Waals surface area contributed by atoms with Crippen LogP contribution in [0.3, 0.4) is 0 Å². The molecule has 14 heterocycles. The third-order valence-electron chi connectivity index (χ3n) is 15.7. The van der Waals surface area contributed by atoms with Gasteiger partial charge in [0.05, 0.1) is 89.2 Å². The molecule has 6 aliphatic heterocycles. The number of thiophene rings is 1. The molecule has 0 aliphatic carbocycles. The Morgan fingerprint density at radius 1 is 0.505 bits per heavy atom. The number of aromatic amines is 3. The fraction of sp³-hybridized carbons (Fsp3) is 0.164. The van der Waals surface area contributed by atoms with E-state index in [1.165, 1.54) is 93.5 Å². The summed E-state index contributed by atoms with van der Waals surface area (Å²) < 4.78 is 155. The van der Waals surface area contributed by atoms with Crippen LogP contribution in [0.5, 0.6) is 57.6 Å². The number of amides is 4. The van der Waals surface area contributed by atoms with Crippen molar-refractivity contribution in [3.63, 3.8) is 0 Å². The Bertz CT molecular complexity index is 5250. The lowest BCUT2D eigenvalue weighted by atomic mass is 10.1. The highest BCUT2D eigenvalue weighted by atomic mass is 32.1. The number of halogens is 8. The molecular formula is C67H46F8N16O15S. The van der Waals surface area contributed by atoms with Crippen LogP contribution in [0.25, 0.3) is 43.5 Å². The minimum Gasteiger partial charge on any atom is -0.497 e. The molecule has 0 bridgehead atoms. The monoisotopic (exact) mass is 1500 g/mol. The summed E-state index contributed by atoms with van der Waals surface area (Å²) in [4.78, 5) is 94.1. The Kier molecular flexibility index (Phi) is 17.8. The molecule has 4 aromatic carbocycles. The number of hydrogen-bond donors (Lipinski definition) is 7. The number of carbonyl (C=O) groups excluding carboxylic acids is 4. The number of anilines is 4. The van der Waals surface area contributed by atoms with Crippen LogP contribution in [0, 0.1) is 0 Å². The SMILES string of the molecule is COc1cccc(C(=O)Nc2nc3cc4c(cc3[nH]2)OC(F)(F)O4)n1.COc1ccnc(C(=O)Nc2nc3cc4c(cc3[nH]2)OC(F)(F)O4)c1.O=C(NC1=Nc2cc3c(cc2C1)OC(F)(F)O3)c1cncc(-c2cccs2)c1.O=C(Nc1nc2cc3c(cc2[nH]1)OC(F)(F)O3)c1cncc(N2CCOCC2)c1. The van der Waals surface area contributed by atoms with E-state index in [4.69, 9.17) is 14.2 Å². The third-order valence-corrected chi connectivity index (χ3v) is 16.6. The number of nitrogens with zero attached hydrogens (tertiary/aromatic N) is 9. The van der Waals surface area contributed by atoms with Gasteiger partial charge in [-0.25, -0.2) is 24.9 Å². The largest absolute Gasteiger partial charge is 0.586 e. The van der Waals surface area contributed by atoms with E-state index in [0.29, 0.717) is 92.6 Å². The second-order valence-electron chi connectivity index (χ2n) is 23.0. The topological polar surface area (TPSA) is 371 Å². The van der Waals surface area contributed by atoms with E-state index in [9.17, 15) is 54.3 Å². The fourth-order valence-corrected chi connectivity index (χ4v) is 11.7. The maximum absolute atomic E-state index is 13.2. The predicted octanol–water partition coefficient (Wildman–Crippen LogP) is 11.6. The number of nitrogens with one attached hydrogen (secondary N) is 7. The summed E-state index contributed by atoms with van der Waals surface area (Å²) in [7, 11) is 2.92. The summed E-state index contributed by atoms with van der Waals surface area (Å²) >= 11 is 1.56. The van der Waals surface area contributed by atoms with E-state index in [1.807, 2.05) is 17.5 Å². The lowest BCUT2D eigenvalue weighted by Crippen LogP contribution is -2.36. The molecule has 12 aromatic rings. The van der Waals surface area contributed by atoms with Gasteiger partial charge in [-0.05, 0) is 47.3 Å². The molecule has 7 N–H and O–H groups in total. The summed E-state index contributed by atoms with van der Waals surface area (Å²) in [6.45, 7) is 2.70. The van der Waals surface area contributed by atoms with Gasteiger partial charge < -0.3 is 77.3 Å². The highest BCUT2D eigenvalue weighted by molar-refractivity contribution is 7.13. The summed E-state index contributed by atoms with van der Waals surface area (Å²) in [5.41, 5.74) is 6.06. The molecule has 0 spiro atoms. The Morgan fingerprint density at radius 3 is 1.53 bits per heavy atom. The molecule has 1 fully saturated rings. The zero-order valence-corrected chi connectivity index (χ0v) is 55.2. The van der Waals surface area contributed by atoms with Crippen LogP contribution in [0.15, 0.2) is 144 Å². The van der Waals surface area contributed by atoms with E-state index < -0.39 is 42.9 Å². The van der Waals surface area contributed by atoms with Gasteiger partial charge in [0, 0.05) is 109 Å². The summed E-state index contributed by atoms with van der Waals surface area (Å²) in [5.74, 6) is -0.992. The van der Waals surface area contributed by atoms with Crippen molar-refractivity contribution in [3.05, 3.63) is 168 Å². The summed E-state index contributed by atoms with van der Waals surface area (Å²) in [5, 5.41) is 12.4. The first kappa shape index (κ1) is 69.1. The van der Waals surface area contributed by atoms with Gasteiger partial charge in [0.25, 0.3) is 23.6 Å². The summed E-state index contributed by atoms with van der Waals surface area (Å²) in [6.07, 6.45) is -6.70. The number of benzene rings is 4. The first-order valence-electron chi connectivity index (χ1n) is 31.2. The Hall–Kier alpha value is -13.7. The van der Waals surface area contributed by atoms with Crippen LogP contribution in [0.2, 0.25) is 0 Å². The number of fused-ring (bicyclic) bond motifs is 8. The number of pyridine rings is 4. The number of rotatable bonds is 11. The predicted molar refractivity (Wildman–Crippen MR) is 358 cm³/mol. The van der Waals surface area contributed by atoms with E-state index in [0.717, 1.165) is 29.2 Å². The lowest BCUT2D eigenvalue weighted by Gasteiger charge is -2.28. The van der Waals surface area contributed by atoms with Crippen molar-refractivity contribution in [2.75, 3.05) is 61.4 Å². The van der Waals surface area contributed by atoms with Crippen molar-refractivity contribution >= 4 is 103 Å². The number of aromatic nitrogens is 10. The number of imidazole rings is 3. The maximum Gasteiger partial charge on any atom is 0.586 e. The molecule has 0 unspecified atom stereocenters. The number of carbonyl (C=O) groups is 4. The first-order chi connectivity index (χ1) is 51.3. The van der Waals surface area contributed by atoms with Crippen molar-refractivity contribution in [1.82, 2.24) is 55.2 Å². The van der Waals surface area contributed by atoms with Gasteiger partial charge in [-0.3, -0.25) is 50.1 Å². The number of morpholine rings is 1. The van der Waals surface area contributed by atoms with Crippen LogP contribution in [-0.2, 0) is 11.2 Å². The maximum atomic E-state index is 13.2. The number of hydrogen-bond acceptors (Lipinski definition) is 25. The molecule has 8 aromatic heterocycles. The molecule has 40 heteroatoms. The molecular weight excluding hydrogens is 1450 g/mol. The van der Waals surface area contributed by atoms with Crippen molar-refractivity contribution in [3.8, 4) is 68.1 Å². The molecule has 1 saturated heterocycles. The zero-order valence-electron chi connectivity index (χ0n) is 54.4. The van der Waals surface area contributed by atoms with Gasteiger partial charge in [-0.15, -0.1) is 46.5 Å². The molecule has 0 radical (unpaired) electrons. The standard InChI is InChI=1S/C19H11F2N3O3S.C18H15F2N5O4.2C15H10F2N4O4/c20-19(21)26-14-5-10-6-17(23-13(10)7-15(14)27-19)24-18(25)12-4-11(8-22-9-12)16-2-1-3-28-16;19-18(20)28-14-6-12-13(7-15(14)29-18)23-17(22-12)24-16(26)10-5-11(9-21-8-10)25-1-3-27-4-2-25;1-23-7-2-3-18-10(4-7)13(22)21-14-19-8-5-11-12(6-9(8)20-14)25-15(16,17)24-11;1-23-12-4-2-3-7(18-12)13(22)21-14-19-8-5-10-11(6-9(8)20-14)25-15(16,17)24-10/h1-5,7-9H,6H2,(H,23,24,25);5-9H,1-4H2,(H2,22,23,24,26);2*2-6H,1H3,(H2,19,20,21,22). The quantitative estimate of drug-likeness (QED) is 0.0591. The number of H-pyrrole nitrogens is 3. The van der Waals surface area contributed by atoms with Crippen LogP contribution in [-0.4, -0.2) is 145 Å². The minimum atomic E-state index is -3.70. The smallest absolute Gasteiger partial charge is 0.497 e. The molecule has 6 aliphatic rings. The molecule has 4 amide bonds. The molecule has 546 valence electrons. The number of aliphatic imine (C=N–C) groups is 1. The van der Waals surface area contributed by atoms with Gasteiger partial charge >= 0.3 is 25.2 Å². The van der Waals surface area contributed by atoms with E-state index in [2.05, 4.69) is 119 Å². The van der Waals surface area contributed by atoms with Gasteiger partial charge in [0.15, 0.2) is 46.0 Å². The van der Waals surface area contributed by atoms with Crippen molar-refractivity contribution in [1.29, 1.82) is 0 Å². The highest BCUT2D eigenvalue weighted by Crippen LogP contribution is 2.48. The second kappa shape index (κ2) is 27.5. The Labute approximate surface area is 596 Å². The average Bonchev–Trinajstić information content (AvgIpc) is 1.64. The van der Waals surface area contributed by atoms with E-state index >= 15 is 0 Å². The average molecular weight is 1500 g/mol. The summed E-state index contributed by atoms with van der Waals surface area (Å²) in [6, 6.07) is 25.9. The highest BCUT2D eigenvalue weighted by Gasteiger charge is 2.47.